The van der Waals surface area contributed by atoms with Crippen LogP contribution in [-0.2, 0) is 0 Å². The van der Waals surface area contributed by atoms with Gasteiger partial charge >= 0.3 is 0 Å². The van der Waals surface area contributed by atoms with Crippen LogP contribution in [0.25, 0.3) is 0 Å². The first-order chi connectivity index (χ1) is 9.51. The molecule has 0 fully saturated rings. The Morgan fingerprint density at radius 3 is 2.45 bits per heavy atom. The normalized spacial score (nSPS) is 10.6. The van der Waals surface area contributed by atoms with Crippen molar-refractivity contribution in [3.8, 4) is 0 Å². The molecule has 1 aromatic heterocycles. The lowest BCUT2D eigenvalue weighted by Crippen LogP contribution is -2.29. The molecule has 0 unspecified atom stereocenters. The Bertz CT molecular complexity index is 612. The second-order valence-electron chi connectivity index (χ2n) is 4.15. The number of Topliss-reactive ketones (excluding diaryl/α,β-unsaturated/α-hetero) is 1. The van der Waals surface area contributed by atoms with Crippen molar-refractivity contribution >= 4 is 46.0 Å². The maximum atomic E-state index is 12.9. The lowest BCUT2D eigenvalue weighted by molar-refractivity contribution is 0.1000. The van der Waals surface area contributed by atoms with Crippen LogP contribution in [0.4, 0.5) is 10.1 Å². The minimum absolute atomic E-state index is 0.107. The third kappa shape index (κ3) is 3.51. The summed E-state index contributed by atoms with van der Waals surface area (Å²) in [5, 5.41) is 0. The van der Waals surface area contributed by atoms with E-state index in [1.807, 2.05) is 11.8 Å². The van der Waals surface area contributed by atoms with E-state index in [4.69, 9.17) is 23.2 Å². The maximum Gasteiger partial charge on any atom is 0.184 e. The van der Waals surface area contributed by atoms with Crippen molar-refractivity contribution in [1.29, 1.82) is 0 Å². The summed E-state index contributed by atoms with van der Waals surface area (Å²) in [5.74, 6) is -0.409. The van der Waals surface area contributed by atoms with Crippen LogP contribution in [0.5, 0.6) is 0 Å². The predicted molar refractivity (Wildman–Crippen MR) is 83.0 cm³/mol. The largest absolute Gasteiger partial charge is 0.364 e. The molecule has 2 nitrogen and oxygen atoms in total. The van der Waals surface area contributed by atoms with E-state index < -0.39 is 0 Å². The van der Waals surface area contributed by atoms with Crippen LogP contribution >= 0.6 is 34.5 Å². The van der Waals surface area contributed by atoms with E-state index in [1.54, 1.807) is 18.2 Å². The fraction of sp³-hybridized carbons (Fsp3) is 0.214. The zero-order chi connectivity index (χ0) is 14.7. The van der Waals surface area contributed by atoms with E-state index in [9.17, 15) is 9.18 Å². The van der Waals surface area contributed by atoms with E-state index in [0.29, 0.717) is 20.8 Å². The van der Waals surface area contributed by atoms with Crippen LogP contribution < -0.4 is 4.90 Å². The van der Waals surface area contributed by atoms with Crippen molar-refractivity contribution in [2.75, 3.05) is 18.0 Å². The van der Waals surface area contributed by atoms with Crippen molar-refractivity contribution in [2.45, 2.75) is 6.92 Å². The summed E-state index contributed by atoms with van der Waals surface area (Å²) in [6.07, 6.45) is 0. The van der Waals surface area contributed by atoms with Gasteiger partial charge in [-0.15, -0.1) is 11.3 Å². The van der Waals surface area contributed by atoms with Gasteiger partial charge in [0.05, 0.1) is 16.4 Å². The Kier molecular flexibility index (Phi) is 5.02. The van der Waals surface area contributed by atoms with E-state index in [1.165, 1.54) is 23.5 Å². The number of halogens is 3. The SMILES string of the molecule is CCN(CC(=O)c1cc(Cl)sc1Cl)c1ccc(F)cc1. The average molecular weight is 332 g/mol. The standard InChI is InChI=1S/C14H12Cl2FNOS/c1-2-18(10-5-3-9(17)4-6-10)8-12(19)11-7-13(15)20-14(11)16/h3-7H,2,8H2,1H3. The van der Waals surface area contributed by atoms with E-state index in [2.05, 4.69) is 0 Å². The highest BCUT2D eigenvalue weighted by atomic mass is 35.5. The quantitative estimate of drug-likeness (QED) is 0.726. The van der Waals surface area contributed by atoms with Gasteiger partial charge in [-0.3, -0.25) is 4.79 Å². The van der Waals surface area contributed by atoms with Crippen LogP contribution in [0.2, 0.25) is 8.67 Å². The summed E-state index contributed by atoms with van der Waals surface area (Å²) in [4.78, 5) is 14.1. The number of carbonyl (C=O) groups is 1. The van der Waals surface area contributed by atoms with Crippen molar-refractivity contribution in [3.05, 3.63) is 50.4 Å². The van der Waals surface area contributed by atoms with Crippen molar-refractivity contribution < 1.29 is 9.18 Å². The molecule has 6 heteroatoms. The Balaban J connectivity index is 2.16. The minimum Gasteiger partial charge on any atom is -0.364 e. The molecule has 20 heavy (non-hydrogen) atoms. The number of likely N-dealkylation sites (N-methyl/N-ethyl adjacent to an activating group) is 1. The third-order valence-corrected chi connectivity index (χ3v) is 4.35. The molecule has 0 aliphatic rings. The van der Waals surface area contributed by atoms with Gasteiger partial charge in [0.2, 0.25) is 0 Å². The van der Waals surface area contributed by atoms with Gasteiger partial charge in [-0.25, -0.2) is 4.39 Å². The molecule has 106 valence electrons. The third-order valence-electron chi connectivity index (χ3n) is 2.87. The Hall–Kier alpha value is -1.10. The fourth-order valence-electron chi connectivity index (χ4n) is 1.83. The molecule has 1 aromatic carbocycles. The van der Waals surface area contributed by atoms with Gasteiger partial charge in [-0.2, -0.15) is 0 Å². The van der Waals surface area contributed by atoms with Crippen LogP contribution in [0.3, 0.4) is 0 Å². The molecule has 0 spiro atoms. The predicted octanol–water partition coefficient (Wildman–Crippen LogP) is 4.90. The maximum absolute atomic E-state index is 12.9. The van der Waals surface area contributed by atoms with Crippen LogP contribution in [0, 0.1) is 5.82 Å². The second-order valence-corrected chi connectivity index (χ2v) is 6.44. The number of hydrogen-bond donors (Lipinski definition) is 0. The highest BCUT2D eigenvalue weighted by Gasteiger charge is 2.17. The summed E-state index contributed by atoms with van der Waals surface area (Å²) in [6, 6.07) is 7.62. The zero-order valence-electron chi connectivity index (χ0n) is 10.7. The van der Waals surface area contributed by atoms with Gasteiger partial charge in [-0.1, -0.05) is 23.2 Å². The Labute approximate surface area is 130 Å². The molecule has 0 aliphatic heterocycles. The number of anilines is 1. The van der Waals surface area contributed by atoms with E-state index in [0.717, 1.165) is 5.69 Å². The van der Waals surface area contributed by atoms with Crippen LogP contribution in [-0.4, -0.2) is 18.9 Å². The number of ketones is 1. The van der Waals surface area contributed by atoms with Gasteiger partial charge in [-0.05, 0) is 37.3 Å². The molecule has 2 rings (SSSR count). The fourth-order valence-corrected chi connectivity index (χ4v) is 3.33. The monoisotopic (exact) mass is 331 g/mol. The molecule has 0 amide bonds. The van der Waals surface area contributed by atoms with Gasteiger partial charge in [0.15, 0.2) is 5.78 Å². The summed E-state index contributed by atoms with van der Waals surface area (Å²) >= 11 is 13.0. The van der Waals surface area contributed by atoms with E-state index in [-0.39, 0.29) is 18.1 Å². The van der Waals surface area contributed by atoms with Gasteiger partial charge < -0.3 is 4.90 Å². The molecule has 0 saturated carbocycles. The number of carbonyl (C=O) groups excluding carboxylic acids is 1. The van der Waals surface area contributed by atoms with Crippen molar-refractivity contribution in [3.63, 3.8) is 0 Å². The second kappa shape index (κ2) is 6.57. The summed E-state index contributed by atoms with van der Waals surface area (Å²) in [5.41, 5.74) is 1.22. The molecule has 0 aliphatic carbocycles. The molecule has 0 bridgehead atoms. The van der Waals surface area contributed by atoms with E-state index >= 15 is 0 Å². The molecule has 1 heterocycles. The topological polar surface area (TPSA) is 20.3 Å². The minimum atomic E-state index is -0.302. The highest BCUT2D eigenvalue weighted by molar-refractivity contribution is 7.20. The first-order valence-corrected chi connectivity index (χ1v) is 7.57. The van der Waals surface area contributed by atoms with Crippen molar-refractivity contribution in [1.82, 2.24) is 0 Å². The number of rotatable bonds is 5. The summed E-state index contributed by atoms with van der Waals surface area (Å²) in [6.45, 7) is 2.74. The lowest BCUT2D eigenvalue weighted by atomic mass is 10.2. The zero-order valence-corrected chi connectivity index (χ0v) is 13.0. The average Bonchev–Trinajstić information content (AvgIpc) is 2.76. The van der Waals surface area contributed by atoms with Crippen LogP contribution in [0.1, 0.15) is 17.3 Å². The number of hydrogen-bond acceptors (Lipinski definition) is 3. The smallest absolute Gasteiger partial charge is 0.184 e. The molecule has 0 saturated heterocycles. The van der Waals surface area contributed by atoms with Gasteiger partial charge in [0, 0.05) is 12.2 Å². The Morgan fingerprint density at radius 1 is 1.30 bits per heavy atom. The number of nitrogens with zero attached hydrogens (tertiary/aromatic N) is 1. The number of thiophene rings is 1. The first kappa shape index (κ1) is 15.3. The Morgan fingerprint density at radius 2 is 1.95 bits per heavy atom. The van der Waals surface area contributed by atoms with Crippen molar-refractivity contribution in [2.24, 2.45) is 0 Å². The van der Waals surface area contributed by atoms with Crippen LogP contribution in [0.15, 0.2) is 30.3 Å². The number of benzene rings is 1. The molecular weight excluding hydrogens is 320 g/mol. The first-order valence-electron chi connectivity index (χ1n) is 5.99. The molecular formula is C14H12Cl2FNOS. The van der Waals surface area contributed by atoms with Gasteiger partial charge in [0.25, 0.3) is 0 Å². The molecule has 0 radical (unpaired) electrons. The lowest BCUT2D eigenvalue weighted by Gasteiger charge is -2.22. The molecule has 2 aromatic rings. The summed E-state index contributed by atoms with van der Waals surface area (Å²) in [7, 11) is 0. The van der Waals surface area contributed by atoms with Gasteiger partial charge in [0.1, 0.15) is 10.2 Å². The summed E-state index contributed by atoms with van der Waals surface area (Å²) < 4.78 is 13.8. The highest BCUT2D eigenvalue weighted by Crippen LogP contribution is 2.31. The molecule has 0 atom stereocenters. The molecule has 0 N–H and O–H groups in total.